The van der Waals surface area contributed by atoms with Crippen LogP contribution in [0.1, 0.15) is 29.0 Å². The topological polar surface area (TPSA) is 125 Å². The van der Waals surface area contributed by atoms with Gasteiger partial charge in [0.25, 0.3) is 11.5 Å². The molecule has 0 unspecified atom stereocenters. The molecule has 3 heterocycles. The zero-order chi connectivity index (χ0) is 32.3. The third-order valence-corrected chi connectivity index (χ3v) is 8.45. The summed E-state index contributed by atoms with van der Waals surface area (Å²) in [5, 5.41) is 9.16. The van der Waals surface area contributed by atoms with E-state index >= 15 is 0 Å². The van der Waals surface area contributed by atoms with Crippen LogP contribution in [0.4, 0.5) is 0 Å². The Morgan fingerprint density at radius 2 is 1.66 bits per heavy atom. The summed E-state index contributed by atoms with van der Waals surface area (Å²) in [6.45, 7) is 2.40. The van der Waals surface area contributed by atoms with Crippen molar-refractivity contribution in [1.82, 2.24) is 34.3 Å². The quantitative estimate of drug-likeness (QED) is 0.196. The van der Waals surface area contributed by atoms with E-state index in [0.717, 1.165) is 12.8 Å². The highest BCUT2D eigenvalue weighted by Crippen LogP contribution is 2.32. The Kier molecular flexibility index (Phi) is 8.68. The minimum absolute atomic E-state index is 0.0409. The first-order valence-electron chi connectivity index (χ1n) is 15.5. The van der Waals surface area contributed by atoms with Gasteiger partial charge in [0.2, 0.25) is 0 Å². The maximum atomic E-state index is 14.2. The van der Waals surface area contributed by atoms with Gasteiger partial charge in [0, 0.05) is 36.8 Å². The van der Waals surface area contributed by atoms with Crippen LogP contribution in [0.2, 0.25) is 5.02 Å². The molecule has 1 amide bonds. The second kappa shape index (κ2) is 13.3. The predicted molar refractivity (Wildman–Crippen MR) is 174 cm³/mol. The molecule has 0 atom stereocenters. The molecule has 2 fully saturated rings. The molecule has 7 rings (SSSR count). The van der Waals surface area contributed by atoms with Crippen molar-refractivity contribution in [2.75, 3.05) is 32.8 Å². The first kappa shape index (κ1) is 30.6. The lowest BCUT2D eigenvalue weighted by Crippen LogP contribution is -2.50. The standard InChI is InChI=1S/C34H32ClN7O5/c35-24-6-8-25(9-7-24)46-22-33(44)40-17-15-39(16-18-40)21-32-38-28-4-2-1-3-27(28)34(45)42(32)29-19-23(5-12-31(29)47-26-10-11-26)30(43)20-41-36-13-14-37-41/h1-9,12-14,19,26H,10-11,15-18,20-22H2. The normalized spacial score (nSPS) is 15.1. The molecule has 2 aromatic heterocycles. The molecular formula is C34H32ClN7O5. The predicted octanol–water partition coefficient (Wildman–Crippen LogP) is 3.78. The number of para-hydroxylation sites is 1. The molecule has 0 radical (unpaired) electrons. The Labute approximate surface area is 275 Å². The third kappa shape index (κ3) is 7.03. The Morgan fingerprint density at radius 1 is 0.915 bits per heavy atom. The molecule has 1 saturated heterocycles. The number of fused-ring (bicyclic) bond motifs is 1. The highest BCUT2D eigenvalue weighted by molar-refractivity contribution is 6.30. The lowest BCUT2D eigenvalue weighted by molar-refractivity contribution is -0.135. The highest BCUT2D eigenvalue weighted by Gasteiger charge is 2.28. The molecular weight excluding hydrogens is 622 g/mol. The minimum Gasteiger partial charge on any atom is -0.488 e. The van der Waals surface area contributed by atoms with Crippen LogP contribution < -0.4 is 15.0 Å². The summed E-state index contributed by atoms with van der Waals surface area (Å²) in [7, 11) is 0. The zero-order valence-corrected chi connectivity index (χ0v) is 26.3. The first-order valence-corrected chi connectivity index (χ1v) is 15.9. The fourth-order valence-corrected chi connectivity index (χ4v) is 5.66. The molecule has 0 bridgehead atoms. The van der Waals surface area contributed by atoms with E-state index in [4.69, 9.17) is 26.1 Å². The lowest BCUT2D eigenvalue weighted by atomic mass is 10.1. The maximum absolute atomic E-state index is 14.2. The van der Waals surface area contributed by atoms with Crippen molar-refractivity contribution in [1.29, 1.82) is 0 Å². The number of ketones is 1. The Bertz CT molecular complexity index is 1970. The number of ether oxygens (including phenoxy) is 2. The Morgan fingerprint density at radius 3 is 2.40 bits per heavy atom. The van der Waals surface area contributed by atoms with Crippen molar-refractivity contribution in [3.8, 4) is 17.2 Å². The number of amides is 1. The van der Waals surface area contributed by atoms with E-state index in [-0.39, 0.29) is 36.5 Å². The van der Waals surface area contributed by atoms with Gasteiger partial charge >= 0.3 is 0 Å². The Balaban J connectivity index is 1.15. The molecule has 240 valence electrons. The number of piperazine rings is 1. The smallest absolute Gasteiger partial charge is 0.266 e. The zero-order valence-electron chi connectivity index (χ0n) is 25.5. The van der Waals surface area contributed by atoms with Crippen LogP contribution in [0, 0.1) is 0 Å². The van der Waals surface area contributed by atoms with E-state index in [9.17, 15) is 14.4 Å². The van der Waals surface area contributed by atoms with Crippen LogP contribution in [-0.2, 0) is 17.9 Å². The van der Waals surface area contributed by atoms with Gasteiger partial charge in [-0.05, 0) is 67.4 Å². The summed E-state index contributed by atoms with van der Waals surface area (Å²) < 4.78 is 13.5. The summed E-state index contributed by atoms with van der Waals surface area (Å²) in [6, 6.07) is 19.3. The molecule has 47 heavy (non-hydrogen) atoms. The number of halogens is 1. The molecule has 1 aliphatic carbocycles. The summed E-state index contributed by atoms with van der Waals surface area (Å²) in [4.78, 5) is 50.6. The number of carbonyl (C=O) groups excluding carboxylic acids is 2. The largest absolute Gasteiger partial charge is 0.488 e. The van der Waals surface area contributed by atoms with E-state index in [2.05, 4.69) is 15.1 Å². The van der Waals surface area contributed by atoms with Crippen molar-refractivity contribution >= 4 is 34.2 Å². The summed E-state index contributed by atoms with van der Waals surface area (Å²) >= 11 is 5.94. The molecule has 0 N–H and O–H groups in total. The van der Waals surface area contributed by atoms with E-state index < -0.39 is 0 Å². The van der Waals surface area contributed by atoms with Gasteiger partial charge < -0.3 is 14.4 Å². The molecule has 13 heteroatoms. The number of Topliss-reactive ketones (excluding diaryl/α,β-unsaturated/α-hetero) is 1. The van der Waals surface area contributed by atoms with Gasteiger partial charge in [-0.3, -0.25) is 23.9 Å². The van der Waals surface area contributed by atoms with Gasteiger partial charge in [-0.2, -0.15) is 15.0 Å². The minimum atomic E-state index is -0.252. The molecule has 1 saturated carbocycles. The molecule has 5 aromatic rings. The highest BCUT2D eigenvalue weighted by atomic mass is 35.5. The molecule has 12 nitrogen and oxygen atoms in total. The Hall–Kier alpha value is -5.07. The monoisotopic (exact) mass is 653 g/mol. The van der Waals surface area contributed by atoms with E-state index in [1.807, 2.05) is 12.1 Å². The number of benzene rings is 3. The van der Waals surface area contributed by atoms with Gasteiger partial charge in [0.15, 0.2) is 12.4 Å². The second-order valence-electron chi connectivity index (χ2n) is 11.6. The molecule has 2 aliphatic rings. The van der Waals surface area contributed by atoms with Crippen LogP contribution in [0.25, 0.3) is 16.6 Å². The summed E-state index contributed by atoms with van der Waals surface area (Å²) in [5.74, 6) is 1.30. The second-order valence-corrected chi connectivity index (χ2v) is 12.0. The summed E-state index contributed by atoms with van der Waals surface area (Å²) in [5.41, 5.74) is 1.19. The van der Waals surface area contributed by atoms with Crippen LogP contribution >= 0.6 is 11.6 Å². The lowest BCUT2D eigenvalue weighted by Gasteiger charge is -2.34. The van der Waals surface area contributed by atoms with Crippen molar-refractivity contribution in [2.24, 2.45) is 0 Å². The average molecular weight is 654 g/mol. The van der Waals surface area contributed by atoms with Crippen molar-refractivity contribution in [3.05, 3.63) is 106 Å². The summed E-state index contributed by atoms with van der Waals surface area (Å²) in [6.07, 6.45) is 4.95. The van der Waals surface area contributed by atoms with Gasteiger partial charge in [0.05, 0.1) is 41.6 Å². The number of hydrogen-bond donors (Lipinski definition) is 0. The number of nitrogens with zero attached hydrogens (tertiary/aromatic N) is 7. The van der Waals surface area contributed by atoms with Crippen molar-refractivity contribution in [3.63, 3.8) is 0 Å². The fourth-order valence-electron chi connectivity index (χ4n) is 5.53. The van der Waals surface area contributed by atoms with Gasteiger partial charge in [-0.1, -0.05) is 23.7 Å². The van der Waals surface area contributed by atoms with Crippen LogP contribution in [-0.4, -0.2) is 84.9 Å². The molecule has 0 spiro atoms. The molecule has 3 aromatic carbocycles. The maximum Gasteiger partial charge on any atom is 0.266 e. The van der Waals surface area contributed by atoms with E-state index in [1.165, 1.54) is 17.2 Å². The van der Waals surface area contributed by atoms with Crippen molar-refractivity contribution in [2.45, 2.75) is 32.0 Å². The fraction of sp³-hybridized carbons (Fsp3) is 0.294. The van der Waals surface area contributed by atoms with Crippen LogP contribution in [0.5, 0.6) is 11.5 Å². The average Bonchev–Trinajstić information content (AvgIpc) is 3.76. The van der Waals surface area contributed by atoms with E-state index in [1.54, 1.807) is 64.1 Å². The van der Waals surface area contributed by atoms with Gasteiger partial charge in [0.1, 0.15) is 23.9 Å². The van der Waals surface area contributed by atoms with Gasteiger partial charge in [-0.25, -0.2) is 4.98 Å². The number of hydrogen-bond acceptors (Lipinski definition) is 9. The van der Waals surface area contributed by atoms with E-state index in [0.29, 0.717) is 77.2 Å². The number of aromatic nitrogens is 5. The third-order valence-electron chi connectivity index (χ3n) is 8.20. The number of rotatable bonds is 11. The van der Waals surface area contributed by atoms with Gasteiger partial charge in [-0.15, -0.1) is 0 Å². The first-order chi connectivity index (χ1) is 22.9. The van der Waals surface area contributed by atoms with Crippen LogP contribution in [0.3, 0.4) is 0 Å². The van der Waals surface area contributed by atoms with Crippen molar-refractivity contribution < 1.29 is 19.1 Å². The molecule has 1 aliphatic heterocycles. The van der Waals surface area contributed by atoms with Crippen LogP contribution in [0.15, 0.2) is 83.9 Å². The SMILES string of the molecule is O=C(Cn1nccn1)c1ccc(OC2CC2)c(-n2c(CN3CCN(C(=O)COc4ccc(Cl)cc4)CC3)nc3ccccc3c2=O)c1. The number of carbonyl (C=O) groups is 2.